The highest BCUT2D eigenvalue weighted by Crippen LogP contribution is 2.34. The molecule has 0 aliphatic heterocycles. The number of hydrogen-bond acceptors (Lipinski definition) is 8. The standard InChI is InChI=1S/C28H37N7O5/c1-27(2,3)40-26(38)33(5)22-14-21(32-23-19(16-29-35(22)23)24(36)30-17-10-11-17)31-20-9-7-13-34(25(20)37)18-8-6-12-28(4,39)15-18/h7,9,13-14,16-18,39H,6,8,10-12,15H2,1-5H3,(H,30,36)(H,31,32)/t18-,28+/m0/s1. The second-order valence-corrected chi connectivity index (χ2v) is 12.1. The minimum absolute atomic E-state index is 0.130. The lowest BCUT2D eigenvalue weighted by atomic mass is 9.83. The molecule has 2 aliphatic rings. The third kappa shape index (κ3) is 5.96. The van der Waals surface area contributed by atoms with Crippen LogP contribution in [-0.4, -0.2) is 60.6 Å². The van der Waals surface area contributed by atoms with Gasteiger partial charge >= 0.3 is 6.09 Å². The summed E-state index contributed by atoms with van der Waals surface area (Å²) >= 11 is 0. The van der Waals surface area contributed by atoms with E-state index in [9.17, 15) is 19.5 Å². The molecule has 12 nitrogen and oxygen atoms in total. The lowest BCUT2D eigenvalue weighted by Crippen LogP contribution is -2.36. The number of aliphatic hydroxyl groups is 1. The van der Waals surface area contributed by atoms with Crippen molar-refractivity contribution in [1.82, 2.24) is 24.5 Å². The molecule has 3 heterocycles. The number of rotatable bonds is 6. The van der Waals surface area contributed by atoms with Crippen LogP contribution in [0, 0.1) is 0 Å². The fourth-order valence-corrected chi connectivity index (χ4v) is 5.02. The average Bonchev–Trinajstić information content (AvgIpc) is 3.57. The van der Waals surface area contributed by atoms with Crippen LogP contribution in [0.2, 0.25) is 0 Å². The lowest BCUT2D eigenvalue weighted by molar-refractivity contribution is 0.00333. The van der Waals surface area contributed by atoms with Crippen LogP contribution in [0.5, 0.6) is 0 Å². The largest absolute Gasteiger partial charge is 0.443 e. The first-order valence-corrected chi connectivity index (χ1v) is 13.7. The second kappa shape index (κ2) is 10.2. The Bertz CT molecular complexity index is 1500. The highest BCUT2D eigenvalue weighted by Gasteiger charge is 2.32. The Morgan fingerprint density at radius 2 is 2.00 bits per heavy atom. The monoisotopic (exact) mass is 551 g/mol. The molecule has 0 radical (unpaired) electrons. The highest BCUT2D eigenvalue weighted by atomic mass is 16.6. The van der Waals surface area contributed by atoms with E-state index in [-0.39, 0.29) is 46.3 Å². The van der Waals surface area contributed by atoms with E-state index in [0.717, 1.165) is 25.7 Å². The van der Waals surface area contributed by atoms with E-state index < -0.39 is 17.3 Å². The Balaban J connectivity index is 1.53. The first kappa shape index (κ1) is 27.6. The van der Waals surface area contributed by atoms with Crippen molar-refractivity contribution in [3.05, 3.63) is 46.5 Å². The van der Waals surface area contributed by atoms with Gasteiger partial charge in [0.2, 0.25) is 0 Å². The van der Waals surface area contributed by atoms with E-state index in [2.05, 4.69) is 20.7 Å². The van der Waals surface area contributed by atoms with Gasteiger partial charge < -0.3 is 25.0 Å². The Kier molecular flexibility index (Phi) is 7.07. The topological polar surface area (TPSA) is 143 Å². The number of carbonyl (C=O) groups is 2. The van der Waals surface area contributed by atoms with Crippen molar-refractivity contribution in [2.75, 3.05) is 17.3 Å². The Hall–Kier alpha value is -3.93. The zero-order valence-corrected chi connectivity index (χ0v) is 23.6. The van der Waals surface area contributed by atoms with E-state index in [0.29, 0.717) is 18.7 Å². The average molecular weight is 552 g/mol. The molecule has 2 fully saturated rings. The number of nitrogens with one attached hydrogen (secondary N) is 2. The molecule has 0 aromatic carbocycles. The van der Waals surface area contributed by atoms with Gasteiger partial charge in [0.05, 0.1) is 11.8 Å². The van der Waals surface area contributed by atoms with Gasteiger partial charge in [-0.3, -0.25) is 14.5 Å². The Morgan fingerprint density at radius 1 is 1.25 bits per heavy atom. The fourth-order valence-electron chi connectivity index (χ4n) is 5.02. The predicted molar refractivity (Wildman–Crippen MR) is 150 cm³/mol. The Morgan fingerprint density at radius 3 is 2.67 bits per heavy atom. The summed E-state index contributed by atoms with van der Waals surface area (Å²) in [5.74, 6) is 0.246. The first-order chi connectivity index (χ1) is 18.8. The summed E-state index contributed by atoms with van der Waals surface area (Å²) < 4.78 is 8.60. The third-order valence-corrected chi connectivity index (χ3v) is 7.18. The number of nitrogens with zero attached hydrogens (tertiary/aromatic N) is 5. The maximum atomic E-state index is 13.5. The number of carbonyl (C=O) groups excluding carboxylic acids is 2. The van der Waals surface area contributed by atoms with E-state index in [1.165, 1.54) is 15.6 Å². The third-order valence-electron chi connectivity index (χ3n) is 7.18. The van der Waals surface area contributed by atoms with Gasteiger partial charge in [0.25, 0.3) is 11.5 Å². The molecule has 3 aromatic heterocycles. The number of anilines is 3. The summed E-state index contributed by atoms with van der Waals surface area (Å²) in [4.78, 5) is 45.3. The van der Waals surface area contributed by atoms with Crippen molar-refractivity contribution in [3.63, 3.8) is 0 Å². The summed E-state index contributed by atoms with van der Waals surface area (Å²) in [6.45, 7) is 7.12. The Labute approximate surface area is 232 Å². The zero-order chi connectivity index (χ0) is 28.8. The minimum atomic E-state index is -0.820. The van der Waals surface area contributed by atoms with Crippen molar-refractivity contribution in [3.8, 4) is 0 Å². The smallest absolute Gasteiger partial charge is 0.415 e. The second-order valence-electron chi connectivity index (χ2n) is 12.1. The summed E-state index contributed by atoms with van der Waals surface area (Å²) in [6, 6.07) is 5.01. The van der Waals surface area contributed by atoms with Crippen molar-refractivity contribution >= 4 is 35.0 Å². The van der Waals surface area contributed by atoms with Gasteiger partial charge in [-0.05, 0) is 78.4 Å². The van der Waals surface area contributed by atoms with Crippen molar-refractivity contribution in [2.24, 2.45) is 0 Å². The lowest BCUT2D eigenvalue weighted by Gasteiger charge is -2.34. The molecule has 0 bridgehead atoms. The molecular weight excluding hydrogens is 514 g/mol. The van der Waals surface area contributed by atoms with Crippen LogP contribution >= 0.6 is 0 Å². The zero-order valence-electron chi connectivity index (χ0n) is 23.6. The maximum Gasteiger partial charge on any atom is 0.415 e. The molecule has 2 saturated carbocycles. The number of amides is 2. The number of ether oxygens (including phenoxy) is 1. The quantitative estimate of drug-likeness (QED) is 0.420. The fraction of sp³-hybridized carbons (Fsp3) is 0.536. The van der Waals surface area contributed by atoms with Crippen molar-refractivity contribution < 1.29 is 19.4 Å². The normalized spacial score (nSPS) is 21.2. The number of fused-ring (bicyclic) bond motifs is 1. The van der Waals surface area contributed by atoms with Crippen molar-refractivity contribution in [1.29, 1.82) is 0 Å². The minimum Gasteiger partial charge on any atom is -0.443 e. The molecule has 3 aromatic rings. The molecule has 0 unspecified atom stereocenters. The van der Waals surface area contributed by atoms with E-state index in [1.54, 1.807) is 63.7 Å². The van der Waals surface area contributed by atoms with Crippen LogP contribution in [-0.2, 0) is 4.74 Å². The van der Waals surface area contributed by atoms with Crippen LogP contribution in [0.3, 0.4) is 0 Å². The van der Waals surface area contributed by atoms with Gasteiger partial charge in [0, 0.05) is 31.4 Å². The molecule has 2 atom stereocenters. The summed E-state index contributed by atoms with van der Waals surface area (Å²) in [7, 11) is 1.54. The van der Waals surface area contributed by atoms with Crippen LogP contribution in [0.25, 0.3) is 5.65 Å². The molecule has 2 aliphatic carbocycles. The number of pyridine rings is 1. The van der Waals surface area contributed by atoms with Gasteiger partial charge in [0.1, 0.15) is 28.5 Å². The summed E-state index contributed by atoms with van der Waals surface area (Å²) in [5.41, 5.74) is -1.04. The van der Waals surface area contributed by atoms with Crippen LogP contribution in [0.1, 0.15) is 82.6 Å². The van der Waals surface area contributed by atoms with Crippen LogP contribution in [0.4, 0.5) is 22.1 Å². The molecule has 40 heavy (non-hydrogen) atoms. The highest BCUT2D eigenvalue weighted by molar-refractivity contribution is 6.00. The maximum absolute atomic E-state index is 13.5. The van der Waals surface area contributed by atoms with Gasteiger partial charge in [-0.25, -0.2) is 9.78 Å². The van der Waals surface area contributed by atoms with Crippen LogP contribution in [0.15, 0.2) is 35.4 Å². The molecule has 3 N–H and O–H groups in total. The molecule has 12 heteroatoms. The van der Waals surface area contributed by atoms with E-state index in [4.69, 9.17) is 4.74 Å². The van der Waals surface area contributed by atoms with Gasteiger partial charge in [-0.15, -0.1) is 0 Å². The number of aromatic nitrogens is 4. The van der Waals surface area contributed by atoms with Gasteiger partial charge in [-0.2, -0.15) is 9.61 Å². The molecular formula is C28H37N7O5. The summed E-state index contributed by atoms with van der Waals surface area (Å²) in [6.07, 6.45) is 7.20. The summed E-state index contributed by atoms with van der Waals surface area (Å²) in [5, 5.41) is 21.0. The SMILES string of the molecule is CN(C(=O)OC(C)(C)C)c1cc(Nc2cccn([C@H]3CCC[C@@](C)(O)C3)c2=O)nc2c(C(=O)NC3CC3)cnn12. The molecule has 214 valence electrons. The molecule has 5 rings (SSSR count). The molecule has 2 amide bonds. The number of hydrogen-bond donors (Lipinski definition) is 3. The van der Waals surface area contributed by atoms with E-state index >= 15 is 0 Å². The van der Waals surface area contributed by atoms with E-state index in [1.807, 2.05) is 0 Å². The van der Waals surface area contributed by atoms with Crippen LogP contribution < -0.4 is 21.1 Å². The first-order valence-electron chi connectivity index (χ1n) is 13.7. The molecule has 0 saturated heterocycles. The predicted octanol–water partition coefficient (Wildman–Crippen LogP) is 3.76. The molecule has 0 spiro atoms. The van der Waals surface area contributed by atoms with Gasteiger partial charge in [-0.1, -0.05) is 0 Å². The van der Waals surface area contributed by atoms with Crippen molar-refractivity contribution in [2.45, 2.75) is 89.5 Å². The van der Waals surface area contributed by atoms with Gasteiger partial charge in [0.15, 0.2) is 5.65 Å².